The van der Waals surface area contributed by atoms with Crippen molar-refractivity contribution in [1.82, 2.24) is 5.32 Å². The van der Waals surface area contributed by atoms with Crippen molar-refractivity contribution in [3.8, 4) is 5.75 Å². The smallest absolute Gasteiger partial charge is 0.257 e. The van der Waals surface area contributed by atoms with E-state index in [-0.39, 0.29) is 23.7 Å². The van der Waals surface area contributed by atoms with Crippen LogP contribution >= 0.6 is 0 Å². The summed E-state index contributed by atoms with van der Waals surface area (Å²) < 4.78 is 17.1. The van der Waals surface area contributed by atoms with Crippen molar-refractivity contribution >= 4 is 5.91 Å². The maximum Gasteiger partial charge on any atom is 0.257 e. The van der Waals surface area contributed by atoms with Gasteiger partial charge >= 0.3 is 0 Å². The molecule has 0 aliphatic heterocycles. The van der Waals surface area contributed by atoms with Crippen LogP contribution in [0.5, 0.6) is 5.75 Å². The predicted octanol–water partition coefficient (Wildman–Crippen LogP) is 2.82. The van der Waals surface area contributed by atoms with Gasteiger partial charge in [0, 0.05) is 13.1 Å². The Labute approximate surface area is 163 Å². The Morgan fingerprint density at radius 1 is 1.00 bits per heavy atom. The Morgan fingerprint density at radius 3 is 2.22 bits per heavy atom. The highest BCUT2D eigenvalue weighted by atomic mass is 16.5. The Bertz CT molecular complexity index is 556. The van der Waals surface area contributed by atoms with E-state index in [9.17, 15) is 4.79 Å². The van der Waals surface area contributed by atoms with Crippen molar-refractivity contribution in [2.75, 3.05) is 32.9 Å². The molecule has 0 fully saturated rings. The van der Waals surface area contributed by atoms with Crippen molar-refractivity contribution in [3.05, 3.63) is 29.8 Å². The summed E-state index contributed by atoms with van der Waals surface area (Å²) in [6.45, 7) is 12.3. The Morgan fingerprint density at radius 2 is 1.59 bits per heavy atom. The van der Waals surface area contributed by atoms with E-state index < -0.39 is 0 Å². The summed E-state index contributed by atoms with van der Waals surface area (Å²) in [5.74, 6) is 0.557. The zero-order valence-electron chi connectivity index (χ0n) is 17.5. The third-order valence-corrected chi connectivity index (χ3v) is 4.25. The number of amides is 1. The van der Waals surface area contributed by atoms with E-state index in [0.29, 0.717) is 38.5 Å². The number of ether oxygens (including phenoxy) is 3. The van der Waals surface area contributed by atoms with E-state index in [2.05, 4.69) is 5.32 Å². The minimum absolute atomic E-state index is 0.0109. The predicted molar refractivity (Wildman–Crippen MR) is 108 cm³/mol. The van der Waals surface area contributed by atoms with Crippen LogP contribution in [0.1, 0.15) is 46.1 Å². The molecule has 0 atom stereocenters. The highest BCUT2D eigenvalue weighted by molar-refractivity contribution is 5.77. The monoisotopic (exact) mass is 380 g/mol. The number of hydrogen-bond donors (Lipinski definition) is 2. The zero-order valence-corrected chi connectivity index (χ0v) is 17.5. The van der Waals surface area contributed by atoms with Crippen molar-refractivity contribution in [2.45, 2.75) is 58.7 Å². The molecule has 154 valence electrons. The normalized spacial score (nSPS) is 12.1. The van der Waals surface area contributed by atoms with Gasteiger partial charge in [-0.2, -0.15) is 0 Å². The highest BCUT2D eigenvalue weighted by Gasteiger charge is 2.22. The first kappa shape index (κ1) is 23.4. The topological polar surface area (TPSA) is 82.8 Å². The van der Waals surface area contributed by atoms with E-state index in [4.69, 9.17) is 19.9 Å². The summed E-state index contributed by atoms with van der Waals surface area (Å²) in [5, 5.41) is 2.87. The first-order valence-corrected chi connectivity index (χ1v) is 9.58. The number of nitrogens with two attached hydrogens (primary N) is 1. The van der Waals surface area contributed by atoms with Crippen molar-refractivity contribution in [2.24, 2.45) is 5.73 Å². The number of benzene rings is 1. The molecular weight excluding hydrogens is 344 g/mol. The van der Waals surface area contributed by atoms with Gasteiger partial charge in [0.05, 0.1) is 24.4 Å². The second-order valence-electron chi connectivity index (χ2n) is 7.96. The van der Waals surface area contributed by atoms with Gasteiger partial charge in [-0.25, -0.2) is 0 Å². The first-order valence-electron chi connectivity index (χ1n) is 9.58. The minimum atomic E-state index is -0.324. The summed E-state index contributed by atoms with van der Waals surface area (Å²) in [4.78, 5) is 11.9. The Hall–Kier alpha value is -1.63. The van der Waals surface area contributed by atoms with Crippen molar-refractivity contribution in [3.63, 3.8) is 0 Å². The third-order valence-electron chi connectivity index (χ3n) is 4.25. The lowest BCUT2D eigenvalue weighted by molar-refractivity contribution is -0.123. The lowest BCUT2D eigenvalue weighted by Crippen LogP contribution is -2.36. The summed E-state index contributed by atoms with van der Waals surface area (Å²) in [6.07, 6.45) is 1.50. The average molecular weight is 381 g/mol. The van der Waals surface area contributed by atoms with Crippen LogP contribution < -0.4 is 15.8 Å². The van der Waals surface area contributed by atoms with Crippen LogP contribution in [-0.4, -0.2) is 50.0 Å². The largest absolute Gasteiger partial charge is 0.484 e. The van der Waals surface area contributed by atoms with E-state index in [0.717, 1.165) is 12.0 Å². The van der Waals surface area contributed by atoms with Gasteiger partial charge in [0.2, 0.25) is 0 Å². The van der Waals surface area contributed by atoms with Crippen LogP contribution in [0.4, 0.5) is 0 Å². The summed E-state index contributed by atoms with van der Waals surface area (Å²) in [5.41, 5.74) is 6.05. The SMILES string of the molecule is Cc1ccc(OCC(=O)NCCC(C)(C)OCCC(C)(C)OCCN)cc1. The molecule has 6 heteroatoms. The first-order chi connectivity index (χ1) is 12.6. The zero-order chi connectivity index (χ0) is 20.3. The molecule has 0 spiro atoms. The number of carbonyl (C=O) groups is 1. The Balaban J connectivity index is 2.20. The van der Waals surface area contributed by atoms with E-state index in [1.54, 1.807) is 0 Å². The van der Waals surface area contributed by atoms with Gasteiger partial charge in [0.25, 0.3) is 5.91 Å². The molecule has 0 heterocycles. The molecule has 27 heavy (non-hydrogen) atoms. The fourth-order valence-electron chi connectivity index (χ4n) is 2.39. The van der Waals surface area contributed by atoms with Crippen LogP contribution in [0.15, 0.2) is 24.3 Å². The number of nitrogens with one attached hydrogen (secondary N) is 1. The molecular formula is C21H36N2O4. The lowest BCUT2D eigenvalue weighted by Gasteiger charge is -2.29. The van der Waals surface area contributed by atoms with Crippen molar-refractivity contribution < 1.29 is 19.0 Å². The average Bonchev–Trinajstić information content (AvgIpc) is 2.59. The van der Waals surface area contributed by atoms with Crippen LogP contribution in [0.2, 0.25) is 0 Å². The maximum atomic E-state index is 11.9. The minimum Gasteiger partial charge on any atom is -0.484 e. The molecule has 0 unspecified atom stereocenters. The summed E-state index contributed by atoms with van der Waals surface area (Å²) in [7, 11) is 0. The van der Waals surface area contributed by atoms with E-state index in [1.165, 1.54) is 0 Å². The third kappa shape index (κ3) is 11.0. The molecule has 1 aromatic carbocycles. The van der Waals surface area contributed by atoms with Crippen LogP contribution in [0.25, 0.3) is 0 Å². The molecule has 0 saturated heterocycles. The van der Waals surface area contributed by atoms with E-state index >= 15 is 0 Å². The molecule has 1 amide bonds. The van der Waals surface area contributed by atoms with Gasteiger partial charge in [0.1, 0.15) is 5.75 Å². The quantitative estimate of drug-likeness (QED) is 0.550. The molecule has 1 rings (SSSR count). The Kier molecular flexibility index (Phi) is 9.77. The number of aryl methyl sites for hydroxylation is 1. The number of rotatable bonds is 13. The highest BCUT2D eigenvalue weighted by Crippen LogP contribution is 2.19. The lowest BCUT2D eigenvalue weighted by atomic mass is 10.0. The maximum absolute atomic E-state index is 11.9. The molecule has 3 N–H and O–H groups in total. The second kappa shape index (κ2) is 11.3. The summed E-state index contributed by atoms with van der Waals surface area (Å²) >= 11 is 0. The fraction of sp³-hybridized carbons (Fsp3) is 0.667. The van der Waals surface area contributed by atoms with Gasteiger partial charge in [-0.05, 0) is 59.6 Å². The molecule has 1 aromatic rings. The van der Waals surface area contributed by atoms with Crippen LogP contribution in [0, 0.1) is 6.92 Å². The molecule has 0 aliphatic rings. The van der Waals surface area contributed by atoms with Gasteiger partial charge in [0.15, 0.2) is 6.61 Å². The molecule has 0 aromatic heterocycles. The van der Waals surface area contributed by atoms with Gasteiger partial charge in [-0.15, -0.1) is 0 Å². The second-order valence-corrected chi connectivity index (χ2v) is 7.96. The fourth-order valence-corrected chi connectivity index (χ4v) is 2.39. The summed E-state index contributed by atoms with van der Waals surface area (Å²) in [6, 6.07) is 7.63. The van der Waals surface area contributed by atoms with Gasteiger partial charge in [-0.1, -0.05) is 17.7 Å². The molecule has 0 radical (unpaired) electrons. The standard InChI is InChI=1S/C21H36N2O4/c1-17-6-8-18(9-7-17)25-16-19(24)23-13-10-20(2,3)26-14-11-21(4,5)27-15-12-22/h6-9H,10-16,22H2,1-5H3,(H,23,24). The number of hydrogen-bond acceptors (Lipinski definition) is 5. The molecule has 6 nitrogen and oxygen atoms in total. The van der Waals surface area contributed by atoms with Crippen LogP contribution in [0.3, 0.4) is 0 Å². The van der Waals surface area contributed by atoms with Gasteiger partial charge < -0.3 is 25.3 Å². The van der Waals surface area contributed by atoms with Crippen LogP contribution in [-0.2, 0) is 14.3 Å². The van der Waals surface area contributed by atoms with Crippen molar-refractivity contribution in [1.29, 1.82) is 0 Å². The molecule has 0 saturated carbocycles. The van der Waals surface area contributed by atoms with E-state index in [1.807, 2.05) is 58.9 Å². The molecule has 0 bridgehead atoms. The van der Waals surface area contributed by atoms with Gasteiger partial charge in [-0.3, -0.25) is 4.79 Å². The number of carbonyl (C=O) groups excluding carboxylic acids is 1. The molecule has 0 aliphatic carbocycles.